The molecule has 0 radical (unpaired) electrons. The van der Waals surface area contributed by atoms with Gasteiger partial charge in [-0.2, -0.15) is 0 Å². The first-order valence-electron chi connectivity index (χ1n) is 12.9. The SMILES string of the molecule is Cc1cc(NC(=O)C(Sc2cccc(NC(=O)/C(=C/c3ccco3)NC(=O)c3ccccc3)c2)c2ccccc2)no1. The van der Waals surface area contributed by atoms with Crippen LogP contribution in [0, 0.1) is 6.92 Å². The predicted octanol–water partition coefficient (Wildman–Crippen LogP) is 6.46. The van der Waals surface area contributed by atoms with Crippen molar-refractivity contribution < 1.29 is 23.3 Å². The van der Waals surface area contributed by atoms with Crippen molar-refractivity contribution in [2.45, 2.75) is 17.1 Å². The molecule has 0 fully saturated rings. The number of carbonyl (C=O) groups excluding carboxylic acids is 3. The highest BCUT2D eigenvalue weighted by molar-refractivity contribution is 8.00. The number of nitrogens with zero attached hydrogens (tertiary/aromatic N) is 1. The maximum Gasteiger partial charge on any atom is 0.272 e. The summed E-state index contributed by atoms with van der Waals surface area (Å²) < 4.78 is 10.4. The zero-order valence-electron chi connectivity index (χ0n) is 22.4. The van der Waals surface area contributed by atoms with Crippen molar-refractivity contribution in [3.8, 4) is 0 Å². The van der Waals surface area contributed by atoms with Gasteiger partial charge in [0, 0.05) is 28.3 Å². The van der Waals surface area contributed by atoms with Gasteiger partial charge in [-0.15, -0.1) is 11.8 Å². The zero-order valence-corrected chi connectivity index (χ0v) is 23.3. The molecule has 2 heterocycles. The van der Waals surface area contributed by atoms with Crippen LogP contribution < -0.4 is 16.0 Å². The fourth-order valence-electron chi connectivity index (χ4n) is 3.96. The Kier molecular flexibility index (Phi) is 8.95. The molecule has 42 heavy (non-hydrogen) atoms. The molecule has 0 aliphatic rings. The molecule has 3 amide bonds. The van der Waals surface area contributed by atoms with Gasteiger partial charge < -0.3 is 24.9 Å². The largest absolute Gasteiger partial charge is 0.465 e. The van der Waals surface area contributed by atoms with Gasteiger partial charge in [0.1, 0.15) is 22.5 Å². The Bertz CT molecular complexity index is 1700. The molecule has 210 valence electrons. The predicted molar refractivity (Wildman–Crippen MR) is 161 cm³/mol. The van der Waals surface area contributed by atoms with E-state index in [4.69, 9.17) is 8.94 Å². The van der Waals surface area contributed by atoms with Gasteiger partial charge in [-0.1, -0.05) is 59.8 Å². The molecular formula is C32H26N4O5S. The lowest BCUT2D eigenvalue weighted by molar-refractivity contribution is -0.116. The minimum atomic E-state index is -0.617. The van der Waals surface area contributed by atoms with E-state index >= 15 is 0 Å². The molecule has 0 aliphatic carbocycles. The minimum absolute atomic E-state index is 0.00121. The number of carbonyl (C=O) groups is 3. The third-order valence-corrected chi connectivity index (χ3v) is 7.17. The third-order valence-electron chi connectivity index (χ3n) is 5.92. The van der Waals surface area contributed by atoms with Crippen molar-refractivity contribution in [3.63, 3.8) is 0 Å². The van der Waals surface area contributed by atoms with Gasteiger partial charge in [0.15, 0.2) is 5.82 Å². The second-order valence-corrected chi connectivity index (χ2v) is 10.3. The van der Waals surface area contributed by atoms with Crippen LogP contribution in [0.3, 0.4) is 0 Å². The molecule has 2 aromatic heterocycles. The van der Waals surface area contributed by atoms with E-state index in [-0.39, 0.29) is 11.6 Å². The Balaban J connectivity index is 1.35. The number of benzene rings is 3. The van der Waals surface area contributed by atoms with Crippen molar-refractivity contribution in [1.29, 1.82) is 0 Å². The zero-order chi connectivity index (χ0) is 29.3. The maximum atomic E-state index is 13.4. The van der Waals surface area contributed by atoms with Crippen LogP contribution in [0.1, 0.15) is 32.7 Å². The topological polar surface area (TPSA) is 126 Å². The van der Waals surface area contributed by atoms with E-state index in [1.165, 1.54) is 24.1 Å². The van der Waals surface area contributed by atoms with E-state index in [1.54, 1.807) is 73.7 Å². The highest BCUT2D eigenvalue weighted by Gasteiger charge is 2.24. The van der Waals surface area contributed by atoms with Crippen LogP contribution >= 0.6 is 11.8 Å². The van der Waals surface area contributed by atoms with Crippen molar-refractivity contribution in [3.05, 3.63) is 138 Å². The van der Waals surface area contributed by atoms with Crippen molar-refractivity contribution in [1.82, 2.24) is 10.5 Å². The van der Waals surface area contributed by atoms with Crippen LogP contribution in [0.15, 0.2) is 129 Å². The molecule has 1 unspecified atom stereocenters. The number of hydrogen-bond acceptors (Lipinski definition) is 7. The van der Waals surface area contributed by atoms with Crippen LogP contribution in [0.5, 0.6) is 0 Å². The van der Waals surface area contributed by atoms with Crippen LogP contribution in [-0.2, 0) is 9.59 Å². The number of furan rings is 1. The molecule has 0 spiro atoms. The lowest BCUT2D eigenvalue weighted by Crippen LogP contribution is -2.30. The summed E-state index contributed by atoms with van der Waals surface area (Å²) in [5, 5.41) is 11.6. The van der Waals surface area contributed by atoms with Crippen LogP contribution in [0.25, 0.3) is 6.08 Å². The number of nitrogens with one attached hydrogen (secondary N) is 3. The second kappa shape index (κ2) is 13.3. The van der Waals surface area contributed by atoms with Gasteiger partial charge in [-0.05, 0) is 55.0 Å². The Labute approximate surface area is 246 Å². The average molecular weight is 579 g/mol. The fourth-order valence-corrected chi connectivity index (χ4v) is 5.04. The first kappa shape index (κ1) is 28.2. The average Bonchev–Trinajstić information content (AvgIpc) is 3.68. The summed E-state index contributed by atoms with van der Waals surface area (Å²) in [4.78, 5) is 40.2. The number of amides is 3. The summed E-state index contributed by atoms with van der Waals surface area (Å²) in [6.07, 6.45) is 2.93. The van der Waals surface area contributed by atoms with Crippen LogP contribution in [-0.4, -0.2) is 22.9 Å². The van der Waals surface area contributed by atoms with Crippen molar-refractivity contribution in [2.24, 2.45) is 0 Å². The second-order valence-electron chi connectivity index (χ2n) is 9.10. The summed E-state index contributed by atoms with van der Waals surface area (Å²) in [7, 11) is 0. The van der Waals surface area contributed by atoms with Crippen molar-refractivity contribution >= 4 is 47.1 Å². The van der Waals surface area contributed by atoms with Crippen LogP contribution in [0.2, 0.25) is 0 Å². The molecule has 3 aromatic carbocycles. The maximum absolute atomic E-state index is 13.4. The lowest BCUT2D eigenvalue weighted by Gasteiger charge is -2.17. The Morgan fingerprint density at radius 1 is 0.857 bits per heavy atom. The number of rotatable bonds is 10. The van der Waals surface area contributed by atoms with Gasteiger partial charge in [-0.3, -0.25) is 14.4 Å². The van der Waals surface area contributed by atoms with E-state index in [9.17, 15) is 14.4 Å². The van der Waals surface area contributed by atoms with Gasteiger partial charge in [-0.25, -0.2) is 0 Å². The molecule has 0 bridgehead atoms. The summed E-state index contributed by atoms with van der Waals surface area (Å²) in [5.41, 5.74) is 1.67. The molecule has 0 aliphatic heterocycles. The molecule has 5 aromatic rings. The molecule has 10 heteroatoms. The molecular weight excluding hydrogens is 552 g/mol. The molecule has 0 saturated carbocycles. The number of aryl methyl sites for hydroxylation is 1. The molecule has 5 rings (SSSR count). The van der Waals surface area contributed by atoms with E-state index in [1.807, 2.05) is 36.4 Å². The highest BCUT2D eigenvalue weighted by Crippen LogP contribution is 2.37. The van der Waals surface area contributed by atoms with Crippen molar-refractivity contribution in [2.75, 3.05) is 10.6 Å². The Morgan fingerprint density at radius 2 is 1.62 bits per heavy atom. The Morgan fingerprint density at radius 3 is 2.31 bits per heavy atom. The summed E-state index contributed by atoms with van der Waals surface area (Å²) >= 11 is 1.32. The highest BCUT2D eigenvalue weighted by atomic mass is 32.2. The van der Waals surface area contributed by atoms with E-state index in [0.29, 0.717) is 28.6 Å². The number of thioether (sulfide) groups is 1. The number of anilines is 2. The summed E-state index contributed by atoms with van der Waals surface area (Å²) in [6.45, 7) is 1.74. The van der Waals surface area contributed by atoms with Gasteiger partial charge in [0.05, 0.1) is 6.26 Å². The third kappa shape index (κ3) is 7.43. The monoisotopic (exact) mass is 578 g/mol. The van der Waals surface area contributed by atoms with Gasteiger partial charge in [0.2, 0.25) is 5.91 Å². The van der Waals surface area contributed by atoms with Gasteiger partial charge >= 0.3 is 0 Å². The van der Waals surface area contributed by atoms with E-state index < -0.39 is 17.1 Å². The molecule has 3 N–H and O–H groups in total. The normalized spacial score (nSPS) is 11.9. The standard InChI is InChI=1S/C32H26N4O5S/c1-21-18-28(36-41-21)35-32(39)29(22-10-4-2-5-11-22)42-26-16-8-14-24(19-26)33-31(38)27(20-25-15-9-17-40-25)34-30(37)23-12-6-3-7-13-23/h2-20,29H,1H3,(H,33,38)(H,34,37)(H,35,36,39)/b27-20-. The fraction of sp³-hybridized carbons (Fsp3) is 0.0625. The smallest absolute Gasteiger partial charge is 0.272 e. The minimum Gasteiger partial charge on any atom is -0.465 e. The Hall–Kier alpha value is -5.35. The lowest BCUT2D eigenvalue weighted by atomic mass is 10.1. The summed E-state index contributed by atoms with van der Waals surface area (Å²) in [6, 6.07) is 30.1. The first-order valence-corrected chi connectivity index (χ1v) is 13.8. The quantitative estimate of drug-likeness (QED) is 0.128. The molecule has 9 nitrogen and oxygen atoms in total. The van der Waals surface area contributed by atoms with E-state index in [2.05, 4.69) is 21.1 Å². The van der Waals surface area contributed by atoms with E-state index in [0.717, 1.165) is 10.5 Å². The van der Waals surface area contributed by atoms with Crippen LogP contribution in [0.4, 0.5) is 11.5 Å². The molecule has 1 atom stereocenters. The molecule has 0 saturated heterocycles. The van der Waals surface area contributed by atoms with Gasteiger partial charge in [0.25, 0.3) is 11.8 Å². The first-order chi connectivity index (χ1) is 20.4. The summed E-state index contributed by atoms with van der Waals surface area (Å²) in [5.74, 6) is 0.0492. The number of hydrogen-bond donors (Lipinski definition) is 3. The number of aromatic nitrogens is 1.